The number of nitrogens with one attached hydrogen (secondary N) is 2. The zero-order valence-electron chi connectivity index (χ0n) is 7.12. The summed E-state index contributed by atoms with van der Waals surface area (Å²) in [7, 11) is 0. The maximum atomic E-state index is 10.8. The van der Waals surface area contributed by atoms with E-state index in [-0.39, 0.29) is 6.54 Å². The average Bonchev–Trinajstić information content (AvgIpc) is 2.84. The molecule has 2 amide bonds. The fourth-order valence-corrected chi connectivity index (χ4v) is 0.755. The molecule has 5 heteroatoms. The second-order valence-electron chi connectivity index (χ2n) is 2.92. The van der Waals surface area contributed by atoms with E-state index in [4.69, 9.17) is 5.11 Å². The SMILES string of the molecule is O=C(O)CNC(=O)N/C=C/C1CC1. The molecule has 0 unspecified atom stereocenters. The van der Waals surface area contributed by atoms with Crippen molar-refractivity contribution in [2.45, 2.75) is 12.8 Å². The number of carboxylic acids is 1. The molecular formula is C8H12N2O3. The highest BCUT2D eigenvalue weighted by Gasteiger charge is 2.16. The Hall–Kier alpha value is -1.52. The molecule has 1 rings (SSSR count). The monoisotopic (exact) mass is 184 g/mol. The van der Waals surface area contributed by atoms with E-state index in [0.717, 1.165) is 0 Å². The molecule has 3 N–H and O–H groups in total. The Bertz CT molecular complexity index is 234. The van der Waals surface area contributed by atoms with Crippen LogP contribution in [-0.2, 0) is 4.79 Å². The van der Waals surface area contributed by atoms with E-state index < -0.39 is 12.0 Å². The lowest BCUT2D eigenvalue weighted by Gasteiger charge is -1.99. The van der Waals surface area contributed by atoms with Crippen LogP contribution in [0.15, 0.2) is 12.3 Å². The number of carboxylic acid groups (broad SMARTS) is 1. The van der Waals surface area contributed by atoms with Crippen molar-refractivity contribution < 1.29 is 14.7 Å². The number of carbonyl (C=O) groups excluding carboxylic acids is 1. The number of allylic oxidation sites excluding steroid dienone is 1. The summed E-state index contributed by atoms with van der Waals surface area (Å²) in [6, 6.07) is -0.487. The van der Waals surface area contributed by atoms with Crippen molar-refractivity contribution in [2.75, 3.05) is 6.54 Å². The number of aliphatic carboxylic acids is 1. The van der Waals surface area contributed by atoms with E-state index in [0.29, 0.717) is 5.92 Å². The quantitative estimate of drug-likeness (QED) is 0.587. The first-order chi connectivity index (χ1) is 6.18. The van der Waals surface area contributed by atoms with Crippen molar-refractivity contribution in [3.63, 3.8) is 0 Å². The van der Waals surface area contributed by atoms with E-state index in [9.17, 15) is 9.59 Å². The van der Waals surface area contributed by atoms with Gasteiger partial charge in [0.15, 0.2) is 0 Å². The third-order valence-electron chi connectivity index (χ3n) is 1.60. The number of urea groups is 1. The zero-order chi connectivity index (χ0) is 9.68. The fraction of sp³-hybridized carbons (Fsp3) is 0.500. The van der Waals surface area contributed by atoms with Gasteiger partial charge in [-0.05, 0) is 18.8 Å². The van der Waals surface area contributed by atoms with Crippen LogP contribution in [0.4, 0.5) is 4.79 Å². The number of amides is 2. The molecule has 72 valence electrons. The highest BCUT2D eigenvalue weighted by molar-refractivity contribution is 5.80. The molecule has 0 aromatic rings. The van der Waals surface area contributed by atoms with Crippen LogP contribution in [-0.4, -0.2) is 23.7 Å². The highest BCUT2D eigenvalue weighted by atomic mass is 16.4. The van der Waals surface area contributed by atoms with Gasteiger partial charge in [-0.1, -0.05) is 6.08 Å². The van der Waals surface area contributed by atoms with Gasteiger partial charge in [0.1, 0.15) is 6.54 Å². The van der Waals surface area contributed by atoms with Gasteiger partial charge in [-0.3, -0.25) is 4.79 Å². The lowest BCUT2D eigenvalue weighted by molar-refractivity contribution is -0.135. The predicted molar refractivity (Wildman–Crippen MR) is 46.0 cm³/mol. The minimum atomic E-state index is -1.05. The van der Waals surface area contributed by atoms with Crippen LogP contribution in [0, 0.1) is 5.92 Å². The molecule has 0 atom stereocenters. The van der Waals surface area contributed by atoms with E-state index >= 15 is 0 Å². The molecule has 0 aromatic carbocycles. The Labute approximate surface area is 75.8 Å². The molecule has 1 fully saturated rings. The Morgan fingerprint density at radius 3 is 2.69 bits per heavy atom. The summed E-state index contributed by atoms with van der Waals surface area (Å²) in [5.74, 6) is -0.457. The molecule has 1 aliphatic carbocycles. The van der Waals surface area contributed by atoms with Crippen LogP contribution < -0.4 is 10.6 Å². The second-order valence-corrected chi connectivity index (χ2v) is 2.92. The number of rotatable bonds is 4. The summed E-state index contributed by atoms with van der Waals surface area (Å²) in [5, 5.41) is 12.8. The summed E-state index contributed by atoms with van der Waals surface area (Å²) in [6.07, 6.45) is 5.80. The molecule has 0 aliphatic heterocycles. The highest BCUT2D eigenvalue weighted by Crippen LogP contribution is 2.29. The van der Waals surface area contributed by atoms with Gasteiger partial charge in [0.2, 0.25) is 0 Å². The van der Waals surface area contributed by atoms with Crippen molar-refractivity contribution >= 4 is 12.0 Å². The third-order valence-corrected chi connectivity index (χ3v) is 1.60. The van der Waals surface area contributed by atoms with Gasteiger partial charge in [-0.15, -0.1) is 0 Å². The Morgan fingerprint density at radius 1 is 1.46 bits per heavy atom. The van der Waals surface area contributed by atoms with Crippen molar-refractivity contribution in [1.82, 2.24) is 10.6 Å². The smallest absolute Gasteiger partial charge is 0.323 e. The molecule has 1 aliphatic rings. The Kier molecular flexibility index (Phi) is 3.31. The first kappa shape index (κ1) is 9.57. The normalized spacial score (nSPS) is 15.7. The van der Waals surface area contributed by atoms with Crippen LogP contribution in [0.3, 0.4) is 0 Å². The second kappa shape index (κ2) is 4.49. The molecule has 13 heavy (non-hydrogen) atoms. The molecule has 0 radical (unpaired) electrons. The molecule has 0 bridgehead atoms. The molecular weight excluding hydrogens is 172 g/mol. The van der Waals surface area contributed by atoms with Gasteiger partial charge in [0.25, 0.3) is 0 Å². The van der Waals surface area contributed by atoms with Gasteiger partial charge in [0, 0.05) is 6.20 Å². The lowest BCUT2D eigenvalue weighted by Crippen LogP contribution is -2.35. The van der Waals surface area contributed by atoms with Gasteiger partial charge < -0.3 is 15.7 Å². The van der Waals surface area contributed by atoms with Crippen molar-refractivity contribution in [3.8, 4) is 0 Å². The zero-order valence-corrected chi connectivity index (χ0v) is 7.12. The number of hydrogen-bond donors (Lipinski definition) is 3. The van der Waals surface area contributed by atoms with Gasteiger partial charge in [0.05, 0.1) is 0 Å². The molecule has 0 spiro atoms. The standard InChI is InChI=1S/C8H12N2O3/c11-7(12)5-10-8(13)9-4-3-6-1-2-6/h3-4,6H,1-2,5H2,(H,11,12)(H2,9,10,13)/b4-3+. The van der Waals surface area contributed by atoms with Crippen LogP contribution in [0.2, 0.25) is 0 Å². The van der Waals surface area contributed by atoms with Crippen LogP contribution >= 0.6 is 0 Å². The number of carbonyl (C=O) groups is 2. The molecule has 1 saturated carbocycles. The van der Waals surface area contributed by atoms with Crippen molar-refractivity contribution in [1.29, 1.82) is 0 Å². The first-order valence-electron chi connectivity index (χ1n) is 4.11. The minimum absolute atomic E-state index is 0.358. The summed E-state index contributed by atoms with van der Waals surface area (Å²) in [6.45, 7) is -0.358. The van der Waals surface area contributed by atoms with Gasteiger partial charge >= 0.3 is 12.0 Å². The average molecular weight is 184 g/mol. The minimum Gasteiger partial charge on any atom is -0.480 e. The van der Waals surface area contributed by atoms with Crippen molar-refractivity contribution in [3.05, 3.63) is 12.3 Å². The Balaban J connectivity index is 2.06. The van der Waals surface area contributed by atoms with E-state index in [1.165, 1.54) is 12.8 Å². The Morgan fingerprint density at radius 2 is 2.15 bits per heavy atom. The lowest BCUT2D eigenvalue weighted by atomic mass is 10.4. The fourth-order valence-electron chi connectivity index (χ4n) is 0.755. The molecule has 0 aromatic heterocycles. The van der Waals surface area contributed by atoms with E-state index in [1.54, 1.807) is 6.20 Å². The topological polar surface area (TPSA) is 78.4 Å². The third kappa shape index (κ3) is 4.84. The van der Waals surface area contributed by atoms with Gasteiger partial charge in [-0.2, -0.15) is 0 Å². The summed E-state index contributed by atoms with van der Waals surface area (Å²) in [4.78, 5) is 20.8. The van der Waals surface area contributed by atoms with Gasteiger partial charge in [-0.25, -0.2) is 4.79 Å². The first-order valence-corrected chi connectivity index (χ1v) is 4.11. The van der Waals surface area contributed by atoms with Crippen LogP contribution in [0.5, 0.6) is 0 Å². The van der Waals surface area contributed by atoms with E-state index in [2.05, 4.69) is 10.6 Å². The summed E-state index contributed by atoms with van der Waals surface area (Å²) in [5.41, 5.74) is 0. The summed E-state index contributed by atoms with van der Waals surface area (Å²) >= 11 is 0. The number of hydrogen-bond acceptors (Lipinski definition) is 2. The van der Waals surface area contributed by atoms with Crippen molar-refractivity contribution in [2.24, 2.45) is 5.92 Å². The molecule has 5 nitrogen and oxygen atoms in total. The predicted octanol–water partition coefficient (Wildman–Crippen LogP) is 0.294. The summed E-state index contributed by atoms with van der Waals surface area (Å²) < 4.78 is 0. The maximum absolute atomic E-state index is 10.8. The van der Waals surface area contributed by atoms with Crippen LogP contribution in [0.1, 0.15) is 12.8 Å². The molecule has 0 heterocycles. The van der Waals surface area contributed by atoms with E-state index in [1.807, 2.05) is 6.08 Å². The van der Waals surface area contributed by atoms with Crippen LogP contribution in [0.25, 0.3) is 0 Å². The maximum Gasteiger partial charge on any atom is 0.323 e. The molecule has 0 saturated heterocycles. The largest absolute Gasteiger partial charge is 0.480 e.